The minimum atomic E-state index is 0. The molecule has 4 aromatic rings. The Balaban J connectivity index is 0.00000192. The van der Waals surface area contributed by atoms with Gasteiger partial charge in [-0.25, -0.2) is 0 Å². The summed E-state index contributed by atoms with van der Waals surface area (Å²) in [6.07, 6.45) is 3.18. The fraction of sp³-hybridized carbons (Fsp3) is 0. The van der Waals surface area contributed by atoms with E-state index in [1.54, 1.807) is 0 Å². The van der Waals surface area contributed by atoms with Crippen LogP contribution in [0.3, 0.4) is 0 Å². The third kappa shape index (κ3) is 3.29. The molecule has 0 aliphatic carbocycles. The molecule has 4 heteroatoms. The summed E-state index contributed by atoms with van der Waals surface area (Å²) in [5, 5.41) is 0. The van der Waals surface area contributed by atoms with Crippen molar-refractivity contribution in [2.45, 2.75) is 0 Å². The molecule has 0 atom stereocenters. The van der Waals surface area contributed by atoms with Crippen LogP contribution in [-0.4, -0.2) is 11.3 Å². The quantitative estimate of drug-likeness (QED) is 0.289. The number of benzene rings is 3. The summed E-state index contributed by atoms with van der Waals surface area (Å²) in [6, 6.07) is 32.6. The first-order chi connectivity index (χ1) is 13.4. The standard InChI is InChI=1S/C24H16N3.Ir/c1-2-9-18(10-3-1)21-14-8-16-24(26-21)27-17-25-22-13-6-4-11-19(22)20-12-5-7-15-23(20)27;/h1-16H;/q-1;. The summed E-state index contributed by atoms with van der Waals surface area (Å²) >= 11 is 0. The van der Waals surface area contributed by atoms with E-state index < -0.39 is 0 Å². The van der Waals surface area contributed by atoms with Crippen LogP contribution in [0, 0.1) is 0 Å². The molecular formula is C24H16IrN3-. The molecule has 0 N–H and O–H groups in total. The molecule has 0 spiro atoms. The van der Waals surface area contributed by atoms with Gasteiger partial charge in [-0.05, 0) is 34.1 Å². The average Bonchev–Trinajstić information content (AvgIpc) is 2.92. The molecular weight excluding hydrogens is 523 g/mol. The van der Waals surface area contributed by atoms with Crippen LogP contribution < -0.4 is 4.90 Å². The van der Waals surface area contributed by atoms with Crippen LogP contribution in [-0.2, 0) is 20.1 Å². The van der Waals surface area contributed by atoms with Crippen molar-refractivity contribution in [3.05, 3.63) is 97.1 Å². The predicted octanol–water partition coefficient (Wildman–Crippen LogP) is 6.10. The maximum Gasteiger partial charge on any atom is 0.0612 e. The van der Waals surface area contributed by atoms with Crippen molar-refractivity contribution in [1.82, 2.24) is 4.98 Å². The molecule has 5 rings (SSSR count). The number of fused-ring (bicyclic) bond motifs is 3. The van der Waals surface area contributed by atoms with Gasteiger partial charge in [-0.15, -0.1) is 0 Å². The molecule has 0 amide bonds. The van der Waals surface area contributed by atoms with Crippen molar-refractivity contribution in [2.24, 2.45) is 4.99 Å². The van der Waals surface area contributed by atoms with Crippen LogP contribution in [0.2, 0.25) is 0 Å². The first-order valence-corrected chi connectivity index (χ1v) is 8.87. The first kappa shape index (κ1) is 18.3. The zero-order valence-electron chi connectivity index (χ0n) is 14.9. The molecule has 3 nitrogen and oxygen atoms in total. The topological polar surface area (TPSA) is 28.5 Å². The van der Waals surface area contributed by atoms with E-state index in [1.165, 1.54) is 0 Å². The summed E-state index contributed by atoms with van der Waals surface area (Å²) in [6.45, 7) is 0. The smallest absolute Gasteiger partial charge is 0.0612 e. The van der Waals surface area contributed by atoms with E-state index in [4.69, 9.17) is 4.98 Å². The van der Waals surface area contributed by atoms with Gasteiger partial charge in [0, 0.05) is 26.4 Å². The number of para-hydroxylation sites is 2. The second-order valence-corrected chi connectivity index (χ2v) is 6.33. The third-order valence-electron chi connectivity index (χ3n) is 4.64. The maximum absolute atomic E-state index is 4.87. The molecule has 28 heavy (non-hydrogen) atoms. The number of hydrogen-bond acceptors (Lipinski definition) is 3. The molecule has 1 aromatic heterocycles. The molecule has 1 aliphatic rings. The summed E-state index contributed by atoms with van der Waals surface area (Å²) in [7, 11) is 0. The van der Waals surface area contributed by atoms with Crippen molar-refractivity contribution >= 4 is 23.5 Å². The number of rotatable bonds is 2. The fourth-order valence-corrected chi connectivity index (χ4v) is 3.35. The Morgan fingerprint density at radius 3 is 2.21 bits per heavy atom. The van der Waals surface area contributed by atoms with Gasteiger partial charge in [0.2, 0.25) is 0 Å². The van der Waals surface area contributed by atoms with E-state index in [9.17, 15) is 0 Å². The average molecular weight is 539 g/mol. The van der Waals surface area contributed by atoms with Crippen LogP contribution in [0.4, 0.5) is 17.2 Å². The summed E-state index contributed by atoms with van der Waals surface area (Å²) in [5.74, 6) is 0.792. The third-order valence-corrected chi connectivity index (χ3v) is 4.64. The minimum absolute atomic E-state index is 0. The molecule has 0 bridgehead atoms. The number of hydrogen-bond donors (Lipinski definition) is 0. The first-order valence-electron chi connectivity index (χ1n) is 8.87. The van der Waals surface area contributed by atoms with Gasteiger partial charge in [-0.1, -0.05) is 91.0 Å². The van der Waals surface area contributed by atoms with Crippen molar-refractivity contribution in [2.75, 3.05) is 4.90 Å². The molecule has 1 radical (unpaired) electrons. The number of nitrogens with zero attached hydrogens (tertiary/aromatic N) is 3. The van der Waals surface area contributed by atoms with Crippen molar-refractivity contribution < 1.29 is 20.1 Å². The van der Waals surface area contributed by atoms with Crippen molar-refractivity contribution in [1.29, 1.82) is 0 Å². The van der Waals surface area contributed by atoms with Gasteiger partial charge in [0.1, 0.15) is 0 Å². The van der Waals surface area contributed by atoms with Crippen LogP contribution in [0.25, 0.3) is 22.4 Å². The predicted molar refractivity (Wildman–Crippen MR) is 111 cm³/mol. The molecule has 1 aliphatic heterocycles. The SMILES string of the molecule is [C-]1=Nc2ccccc2-c2ccccc2N1c1cccc(-c2ccccc2)n1.[Ir]. The number of pyridine rings is 1. The second kappa shape index (κ2) is 7.89. The maximum atomic E-state index is 4.87. The number of anilines is 2. The zero-order chi connectivity index (χ0) is 18.1. The largest absolute Gasteiger partial charge is 0.405 e. The minimum Gasteiger partial charge on any atom is -0.405 e. The Labute approximate surface area is 177 Å². The van der Waals surface area contributed by atoms with E-state index in [-0.39, 0.29) is 20.1 Å². The van der Waals surface area contributed by atoms with Gasteiger partial charge in [0.25, 0.3) is 0 Å². The monoisotopic (exact) mass is 539 g/mol. The summed E-state index contributed by atoms with van der Waals surface area (Å²) in [5.41, 5.74) is 6.16. The molecule has 3 aromatic carbocycles. The van der Waals surface area contributed by atoms with Crippen LogP contribution in [0.5, 0.6) is 0 Å². The van der Waals surface area contributed by atoms with Gasteiger partial charge in [0.15, 0.2) is 0 Å². The van der Waals surface area contributed by atoms with Gasteiger partial charge in [0.05, 0.1) is 11.5 Å². The van der Waals surface area contributed by atoms with Gasteiger partial charge in [-0.3, -0.25) is 4.98 Å². The molecule has 0 fully saturated rings. The fourth-order valence-electron chi connectivity index (χ4n) is 3.35. The Morgan fingerprint density at radius 1 is 0.643 bits per heavy atom. The zero-order valence-corrected chi connectivity index (χ0v) is 17.3. The number of aliphatic imine (C=N–C) groups is 1. The molecule has 0 unspecified atom stereocenters. The van der Waals surface area contributed by atoms with Crippen molar-refractivity contribution in [3.63, 3.8) is 0 Å². The van der Waals surface area contributed by atoms with Crippen LogP contribution in [0.15, 0.2) is 102 Å². The van der Waals surface area contributed by atoms with Crippen LogP contribution >= 0.6 is 0 Å². The Bertz CT molecular complexity index is 1140. The molecule has 0 saturated heterocycles. The van der Waals surface area contributed by atoms with E-state index in [2.05, 4.69) is 41.7 Å². The van der Waals surface area contributed by atoms with Gasteiger partial charge < -0.3 is 9.89 Å². The summed E-state index contributed by atoms with van der Waals surface area (Å²) < 4.78 is 0. The Kier molecular flexibility index (Phi) is 5.16. The van der Waals surface area contributed by atoms with Crippen molar-refractivity contribution in [3.8, 4) is 22.4 Å². The number of aromatic nitrogens is 1. The molecule has 0 saturated carbocycles. The van der Waals surface area contributed by atoms with Gasteiger partial charge >= 0.3 is 0 Å². The van der Waals surface area contributed by atoms with Gasteiger partial charge in [-0.2, -0.15) is 0 Å². The second-order valence-electron chi connectivity index (χ2n) is 6.33. The molecule has 137 valence electrons. The summed E-state index contributed by atoms with van der Waals surface area (Å²) in [4.78, 5) is 11.4. The Morgan fingerprint density at radius 2 is 1.36 bits per heavy atom. The van der Waals surface area contributed by atoms with Crippen LogP contribution in [0.1, 0.15) is 0 Å². The van der Waals surface area contributed by atoms with E-state index >= 15 is 0 Å². The Hall–Kier alpha value is -3.07. The van der Waals surface area contributed by atoms with E-state index in [1.807, 2.05) is 71.6 Å². The van der Waals surface area contributed by atoms with E-state index in [0.717, 1.165) is 39.6 Å². The molecule has 2 heterocycles. The normalized spacial score (nSPS) is 11.8. The van der Waals surface area contributed by atoms with E-state index in [0.29, 0.717) is 0 Å².